The van der Waals surface area contributed by atoms with E-state index in [1.54, 1.807) is 4.68 Å². The monoisotopic (exact) mass is 318 g/mol. The van der Waals surface area contributed by atoms with Gasteiger partial charge in [-0.25, -0.2) is 4.79 Å². The van der Waals surface area contributed by atoms with Crippen molar-refractivity contribution in [1.82, 2.24) is 20.0 Å². The Morgan fingerprint density at radius 3 is 3.14 bits per heavy atom. The first-order chi connectivity index (χ1) is 10.7. The maximum Gasteiger partial charge on any atom is 0.317 e. The first-order valence-electron chi connectivity index (χ1n) is 7.77. The molecule has 0 aromatic carbocycles. The standard InChI is InChI=1S/C16H22N4OS/c1-3-14-13-6-9-22-15(13)5-8-20(14)16(21)17-7-4-12-10-18-19(2)11-12/h6,9-11,14H,3-5,7-8H2,1-2H3,(H,17,21). The van der Waals surface area contributed by atoms with E-state index in [-0.39, 0.29) is 12.1 Å². The molecular formula is C16H22N4OS. The van der Waals surface area contributed by atoms with Gasteiger partial charge >= 0.3 is 6.03 Å². The van der Waals surface area contributed by atoms with Crippen molar-refractivity contribution in [2.75, 3.05) is 13.1 Å². The fourth-order valence-corrected chi connectivity index (χ4v) is 4.02. The van der Waals surface area contributed by atoms with Crippen LogP contribution >= 0.6 is 11.3 Å². The average Bonchev–Trinajstić information content (AvgIpc) is 3.14. The van der Waals surface area contributed by atoms with E-state index >= 15 is 0 Å². The molecule has 0 spiro atoms. The van der Waals surface area contributed by atoms with Crippen molar-refractivity contribution in [2.24, 2.45) is 7.05 Å². The van der Waals surface area contributed by atoms with Crippen molar-refractivity contribution in [3.63, 3.8) is 0 Å². The molecule has 2 aromatic rings. The molecule has 5 nitrogen and oxygen atoms in total. The smallest absolute Gasteiger partial charge is 0.317 e. The molecule has 2 aromatic heterocycles. The number of aryl methyl sites for hydroxylation is 1. The Hall–Kier alpha value is -1.82. The molecule has 3 heterocycles. The van der Waals surface area contributed by atoms with Crippen molar-refractivity contribution in [2.45, 2.75) is 32.2 Å². The first kappa shape index (κ1) is 15.1. The van der Waals surface area contributed by atoms with Crippen molar-refractivity contribution in [1.29, 1.82) is 0 Å². The molecular weight excluding hydrogens is 296 g/mol. The molecule has 6 heteroatoms. The number of aromatic nitrogens is 2. The fourth-order valence-electron chi connectivity index (χ4n) is 3.10. The molecule has 0 aliphatic carbocycles. The number of urea groups is 1. The normalized spacial score (nSPS) is 17.4. The third-order valence-corrected chi connectivity index (χ3v) is 5.19. The van der Waals surface area contributed by atoms with Gasteiger partial charge in [-0.05, 0) is 41.8 Å². The van der Waals surface area contributed by atoms with Crippen LogP contribution in [0, 0.1) is 0 Å². The van der Waals surface area contributed by atoms with E-state index in [4.69, 9.17) is 0 Å². The van der Waals surface area contributed by atoms with E-state index in [2.05, 4.69) is 28.8 Å². The molecule has 22 heavy (non-hydrogen) atoms. The molecule has 2 amide bonds. The van der Waals surface area contributed by atoms with Crippen LogP contribution < -0.4 is 5.32 Å². The molecule has 1 atom stereocenters. The number of amides is 2. The minimum absolute atomic E-state index is 0.0487. The van der Waals surface area contributed by atoms with Crippen molar-refractivity contribution in [3.8, 4) is 0 Å². The summed E-state index contributed by atoms with van der Waals surface area (Å²) in [7, 11) is 1.90. The summed E-state index contributed by atoms with van der Waals surface area (Å²) in [5.74, 6) is 0. The van der Waals surface area contributed by atoms with Gasteiger partial charge in [0.2, 0.25) is 0 Å². The van der Waals surface area contributed by atoms with Crippen molar-refractivity contribution in [3.05, 3.63) is 39.8 Å². The summed E-state index contributed by atoms with van der Waals surface area (Å²) in [5, 5.41) is 9.33. The molecule has 0 fully saturated rings. The van der Waals surface area contributed by atoms with Gasteiger partial charge in [-0.2, -0.15) is 5.10 Å². The van der Waals surface area contributed by atoms with Crippen LogP contribution in [0.2, 0.25) is 0 Å². The highest BCUT2D eigenvalue weighted by Gasteiger charge is 2.29. The number of thiophene rings is 1. The van der Waals surface area contributed by atoms with E-state index in [1.165, 1.54) is 10.4 Å². The molecule has 118 valence electrons. The Bertz CT molecular complexity index is 648. The lowest BCUT2D eigenvalue weighted by atomic mass is 9.98. The summed E-state index contributed by atoms with van der Waals surface area (Å²) < 4.78 is 1.78. The molecule has 0 saturated heterocycles. The molecule has 0 radical (unpaired) electrons. The second kappa shape index (κ2) is 6.52. The number of carbonyl (C=O) groups is 1. The maximum absolute atomic E-state index is 12.5. The zero-order chi connectivity index (χ0) is 15.5. The number of carbonyl (C=O) groups excluding carboxylic acids is 1. The Morgan fingerprint density at radius 1 is 1.55 bits per heavy atom. The van der Waals surface area contributed by atoms with Crippen LogP contribution in [0.5, 0.6) is 0 Å². The van der Waals surface area contributed by atoms with Gasteiger partial charge in [0.05, 0.1) is 12.2 Å². The topological polar surface area (TPSA) is 50.2 Å². The van der Waals surface area contributed by atoms with Crippen LogP contribution in [0.3, 0.4) is 0 Å². The highest BCUT2D eigenvalue weighted by molar-refractivity contribution is 7.10. The maximum atomic E-state index is 12.5. The van der Waals surface area contributed by atoms with Gasteiger partial charge in [0.1, 0.15) is 0 Å². The summed E-state index contributed by atoms with van der Waals surface area (Å²) in [6.07, 6.45) is 6.58. The lowest BCUT2D eigenvalue weighted by molar-refractivity contribution is 0.168. The molecule has 3 rings (SSSR count). The second-order valence-electron chi connectivity index (χ2n) is 5.67. The largest absolute Gasteiger partial charge is 0.338 e. The summed E-state index contributed by atoms with van der Waals surface area (Å²) >= 11 is 1.81. The number of rotatable bonds is 4. The third kappa shape index (κ3) is 3.02. The summed E-state index contributed by atoms with van der Waals surface area (Å²) in [4.78, 5) is 15.9. The van der Waals surface area contributed by atoms with Crippen LogP contribution in [-0.2, 0) is 19.9 Å². The Labute approximate surface area is 134 Å². The average molecular weight is 318 g/mol. The Balaban J connectivity index is 1.58. The number of nitrogens with one attached hydrogen (secondary N) is 1. The second-order valence-corrected chi connectivity index (χ2v) is 6.67. The van der Waals surface area contributed by atoms with Gasteiger partial charge in [-0.15, -0.1) is 11.3 Å². The quantitative estimate of drug-likeness (QED) is 0.942. The first-order valence-corrected chi connectivity index (χ1v) is 8.65. The summed E-state index contributed by atoms with van der Waals surface area (Å²) in [6, 6.07) is 2.43. The number of hydrogen-bond acceptors (Lipinski definition) is 3. The van der Waals surface area contributed by atoms with E-state index < -0.39 is 0 Å². The van der Waals surface area contributed by atoms with Gasteiger partial charge in [0.15, 0.2) is 0 Å². The molecule has 1 aliphatic heterocycles. The lowest BCUT2D eigenvalue weighted by Gasteiger charge is -2.35. The zero-order valence-corrected chi connectivity index (χ0v) is 13.9. The predicted molar refractivity (Wildman–Crippen MR) is 88.1 cm³/mol. The van der Waals surface area contributed by atoms with Gasteiger partial charge < -0.3 is 10.2 Å². The molecule has 1 unspecified atom stereocenters. The van der Waals surface area contributed by atoms with Gasteiger partial charge in [0, 0.05) is 31.2 Å². The third-order valence-electron chi connectivity index (χ3n) is 4.19. The van der Waals surface area contributed by atoms with Gasteiger partial charge in [0.25, 0.3) is 0 Å². The molecule has 0 saturated carbocycles. The lowest BCUT2D eigenvalue weighted by Crippen LogP contribution is -2.45. The number of hydrogen-bond donors (Lipinski definition) is 1. The molecule has 1 aliphatic rings. The Morgan fingerprint density at radius 2 is 2.41 bits per heavy atom. The van der Waals surface area contributed by atoms with Gasteiger partial charge in [-0.3, -0.25) is 4.68 Å². The molecule has 0 bridgehead atoms. The van der Waals surface area contributed by atoms with E-state index in [9.17, 15) is 4.79 Å². The van der Waals surface area contributed by atoms with E-state index in [0.29, 0.717) is 6.54 Å². The minimum Gasteiger partial charge on any atom is -0.338 e. The SMILES string of the molecule is CCC1c2ccsc2CCN1C(=O)NCCc1cnn(C)c1. The van der Waals surface area contributed by atoms with Crippen LogP contribution in [0.15, 0.2) is 23.8 Å². The molecule has 1 N–H and O–H groups in total. The van der Waals surface area contributed by atoms with E-state index in [1.807, 2.05) is 35.7 Å². The highest BCUT2D eigenvalue weighted by Crippen LogP contribution is 2.35. The predicted octanol–water partition coefficient (Wildman–Crippen LogP) is 2.74. The van der Waals surface area contributed by atoms with Crippen LogP contribution in [-0.4, -0.2) is 33.8 Å². The summed E-state index contributed by atoms with van der Waals surface area (Å²) in [5.41, 5.74) is 2.48. The van der Waals surface area contributed by atoms with E-state index in [0.717, 1.165) is 31.4 Å². The highest BCUT2D eigenvalue weighted by atomic mass is 32.1. The summed E-state index contributed by atoms with van der Waals surface area (Å²) in [6.45, 7) is 3.60. The van der Waals surface area contributed by atoms with Crippen LogP contribution in [0.1, 0.15) is 35.4 Å². The fraction of sp³-hybridized carbons (Fsp3) is 0.500. The zero-order valence-electron chi connectivity index (χ0n) is 13.1. The minimum atomic E-state index is 0.0487. The van der Waals surface area contributed by atoms with Crippen LogP contribution in [0.4, 0.5) is 4.79 Å². The number of nitrogens with zero attached hydrogens (tertiary/aromatic N) is 3. The Kier molecular flexibility index (Phi) is 4.47. The van der Waals surface area contributed by atoms with Gasteiger partial charge in [-0.1, -0.05) is 6.92 Å². The number of fused-ring (bicyclic) bond motifs is 1. The van der Waals surface area contributed by atoms with Crippen molar-refractivity contribution >= 4 is 17.4 Å². The van der Waals surface area contributed by atoms with Crippen molar-refractivity contribution < 1.29 is 4.79 Å². The van der Waals surface area contributed by atoms with Crippen LogP contribution in [0.25, 0.3) is 0 Å².